The molecular formula is C38H31N3O4S2. The molecule has 7 nitrogen and oxygen atoms in total. The average Bonchev–Trinajstić information content (AvgIpc) is 3.11. The van der Waals surface area contributed by atoms with Gasteiger partial charge in [0.15, 0.2) is 0 Å². The molecule has 0 radical (unpaired) electrons. The number of rotatable bonds is 9. The number of para-hydroxylation sites is 2. The van der Waals surface area contributed by atoms with Crippen molar-refractivity contribution in [3.05, 3.63) is 144 Å². The molecule has 1 unspecified atom stereocenters. The second kappa shape index (κ2) is 14.5. The Kier molecular flexibility index (Phi) is 9.75. The number of nitrogens with zero attached hydrogens (tertiary/aromatic N) is 1. The number of benzene rings is 5. The summed E-state index contributed by atoms with van der Waals surface area (Å²) in [6, 6.07) is 39.1. The minimum Gasteiger partial charge on any atom is -0.497 e. The van der Waals surface area contributed by atoms with Gasteiger partial charge in [-0.2, -0.15) is 0 Å². The molecule has 234 valence electrons. The van der Waals surface area contributed by atoms with Gasteiger partial charge in [0.1, 0.15) is 11.4 Å². The Morgan fingerprint density at radius 2 is 1.36 bits per heavy atom. The molecule has 0 fully saturated rings. The smallest absolute Gasteiger partial charge is 0.272 e. The van der Waals surface area contributed by atoms with Gasteiger partial charge in [-0.05, 0) is 91.4 Å². The summed E-state index contributed by atoms with van der Waals surface area (Å²) >= 11 is 3.11. The molecule has 2 N–H and O–H groups in total. The number of carbonyl (C=O) groups is 3. The SMILES string of the molecule is COc1ccc(/C=C(\NC(=O)c2ccccc2)C(=O)Nc2ccc(SC(C)C(=O)N3c4ccccc4Sc4ccccc43)cc2)cc1. The first-order valence-corrected chi connectivity index (χ1v) is 16.6. The van der Waals surface area contributed by atoms with E-state index >= 15 is 0 Å². The van der Waals surface area contributed by atoms with Gasteiger partial charge in [0.05, 0.1) is 23.7 Å². The van der Waals surface area contributed by atoms with Gasteiger partial charge in [-0.15, -0.1) is 11.8 Å². The number of thioether (sulfide) groups is 1. The number of ether oxygens (including phenoxy) is 1. The van der Waals surface area contributed by atoms with Crippen LogP contribution < -0.4 is 20.3 Å². The van der Waals surface area contributed by atoms with E-state index in [1.807, 2.05) is 78.6 Å². The lowest BCUT2D eigenvalue weighted by molar-refractivity contribution is -0.117. The van der Waals surface area contributed by atoms with Crippen LogP contribution in [0.3, 0.4) is 0 Å². The molecule has 1 atom stereocenters. The third kappa shape index (κ3) is 7.43. The number of carbonyl (C=O) groups excluding carboxylic acids is 3. The predicted molar refractivity (Wildman–Crippen MR) is 189 cm³/mol. The van der Waals surface area contributed by atoms with Gasteiger partial charge in [-0.25, -0.2) is 0 Å². The van der Waals surface area contributed by atoms with E-state index < -0.39 is 11.8 Å². The highest BCUT2D eigenvalue weighted by atomic mass is 32.2. The highest BCUT2D eigenvalue weighted by Gasteiger charge is 2.31. The van der Waals surface area contributed by atoms with Crippen molar-refractivity contribution in [1.29, 1.82) is 0 Å². The van der Waals surface area contributed by atoms with Crippen molar-refractivity contribution >= 4 is 64.4 Å². The molecule has 6 rings (SSSR count). The summed E-state index contributed by atoms with van der Waals surface area (Å²) in [4.78, 5) is 45.1. The summed E-state index contributed by atoms with van der Waals surface area (Å²) in [5, 5.41) is 5.26. The summed E-state index contributed by atoms with van der Waals surface area (Å²) in [5.74, 6) is -0.215. The Morgan fingerprint density at radius 3 is 1.98 bits per heavy atom. The van der Waals surface area contributed by atoms with E-state index in [0.29, 0.717) is 22.6 Å². The first-order valence-electron chi connectivity index (χ1n) is 14.9. The molecule has 1 aliphatic rings. The van der Waals surface area contributed by atoms with E-state index in [9.17, 15) is 14.4 Å². The second-order valence-corrected chi connectivity index (χ2v) is 13.1. The van der Waals surface area contributed by atoms with Crippen LogP contribution in [0.2, 0.25) is 0 Å². The highest BCUT2D eigenvalue weighted by Crippen LogP contribution is 2.48. The molecule has 3 amide bonds. The Morgan fingerprint density at radius 1 is 0.766 bits per heavy atom. The van der Waals surface area contributed by atoms with Crippen LogP contribution in [-0.4, -0.2) is 30.1 Å². The fourth-order valence-electron chi connectivity index (χ4n) is 5.00. The van der Waals surface area contributed by atoms with Crippen LogP contribution in [-0.2, 0) is 9.59 Å². The van der Waals surface area contributed by atoms with Gasteiger partial charge in [-0.1, -0.05) is 66.4 Å². The van der Waals surface area contributed by atoms with Crippen molar-refractivity contribution in [1.82, 2.24) is 5.32 Å². The van der Waals surface area contributed by atoms with E-state index in [0.717, 1.165) is 26.1 Å². The molecule has 9 heteroatoms. The van der Waals surface area contributed by atoms with E-state index in [-0.39, 0.29) is 16.9 Å². The van der Waals surface area contributed by atoms with Crippen molar-refractivity contribution < 1.29 is 19.1 Å². The van der Waals surface area contributed by atoms with Crippen LogP contribution >= 0.6 is 23.5 Å². The van der Waals surface area contributed by atoms with Crippen LogP contribution in [0.15, 0.2) is 148 Å². The molecule has 0 aliphatic carbocycles. The summed E-state index contributed by atoms with van der Waals surface area (Å²) in [6.07, 6.45) is 1.61. The van der Waals surface area contributed by atoms with E-state index in [1.54, 1.807) is 85.6 Å². The Balaban J connectivity index is 1.16. The van der Waals surface area contributed by atoms with Gasteiger partial charge in [0.25, 0.3) is 11.8 Å². The Hall–Kier alpha value is -5.25. The molecule has 47 heavy (non-hydrogen) atoms. The van der Waals surface area contributed by atoms with E-state index in [4.69, 9.17) is 4.74 Å². The number of amides is 3. The topological polar surface area (TPSA) is 87.7 Å². The van der Waals surface area contributed by atoms with E-state index in [1.165, 1.54) is 11.8 Å². The van der Waals surface area contributed by atoms with Crippen molar-refractivity contribution in [2.45, 2.75) is 26.9 Å². The summed E-state index contributed by atoms with van der Waals surface area (Å²) in [5.41, 5.74) is 3.54. The second-order valence-electron chi connectivity index (χ2n) is 10.6. The van der Waals surface area contributed by atoms with Crippen LogP contribution in [0, 0.1) is 0 Å². The van der Waals surface area contributed by atoms with Gasteiger partial charge < -0.3 is 15.4 Å². The summed E-state index contributed by atoms with van der Waals surface area (Å²) in [6.45, 7) is 1.90. The maximum Gasteiger partial charge on any atom is 0.272 e. The first kappa shape index (κ1) is 31.7. The number of nitrogens with one attached hydrogen (secondary N) is 2. The summed E-state index contributed by atoms with van der Waals surface area (Å²) < 4.78 is 5.24. The largest absolute Gasteiger partial charge is 0.497 e. The van der Waals surface area contributed by atoms with Gasteiger partial charge in [0, 0.05) is 25.9 Å². The predicted octanol–water partition coefficient (Wildman–Crippen LogP) is 8.41. The molecule has 0 aromatic heterocycles. The molecular weight excluding hydrogens is 627 g/mol. The number of anilines is 3. The zero-order chi connectivity index (χ0) is 32.8. The third-order valence-electron chi connectivity index (χ3n) is 7.38. The molecule has 0 saturated carbocycles. The van der Waals surface area contributed by atoms with Crippen molar-refractivity contribution in [3.63, 3.8) is 0 Å². The molecule has 5 aromatic rings. The van der Waals surface area contributed by atoms with Gasteiger partial charge in [0.2, 0.25) is 5.91 Å². The van der Waals surface area contributed by atoms with Crippen molar-refractivity contribution in [2.75, 3.05) is 17.3 Å². The van der Waals surface area contributed by atoms with Crippen LogP contribution in [0.25, 0.3) is 6.08 Å². The molecule has 0 bridgehead atoms. The minimum atomic E-state index is -0.477. The lowest BCUT2D eigenvalue weighted by Gasteiger charge is -2.32. The molecule has 0 spiro atoms. The van der Waals surface area contributed by atoms with Crippen LogP contribution in [0.4, 0.5) is 17.1 Å². The zero-order valence-electron chi connectivity index (χ0n) is 25.7. The lowest BCUT2D eigenvalue weighted by atomic mass is 10.1. The van der Waals surface area contributed by atoms with Crippen LogP contribution in [0.1, 0.15) is 22.8 Å². The number of fused-ring (bicyclic) bond motifs is 2. The minimum absolute atomic E-state index is 0.0185. The molecule has 5 aromatic carbocycles. The lowest BCUT2D eigenvalue weighted by Crippen LogP contribution is -2.34. The first-order chi connectivity index (χ1) is 22.9. The quantitative estimate of drug-likeness (QED) is 0.122. The zero-order valence-corrected chi connectivity index (χ0v) is 27.3. The van der Waals surface area contributed by atoms with Crippen molar-refractivity contribution in [2.24, 2.45) is 0 Å². The monoisotopic (exact) mass is 657 g/mol. The van der Waals surface area contributed by atoms with Gasteiger partial charge in [-0.3, -0.25) is 19.3 Å². The number of hydrogen-bond acceptors (Lipinski definition) is 6. The average molecular weight is 658 g/mol. The van der Waals surface area contributed by atoms with Crippen LogP contribution in [0.5, 0.6) is 5.75 Å². The van der Waals surface area contributed by atoms with Gasteiger partial charge >= 0.3 is 0 Å². The molecule has 0 saturated heterocycles. The van der Waals surface area contributed by atoms with Crippen molar-refractivity contribution in [3.8, 4) is 5.75 Å². The Labute approximate surface area is 282 Å². The fraction of sp³-hybridized carbons (Fsp3) is 0.0789. The number of hydrogen-bond donors (Lipinski definition) is 2. The van der Waals surface area contributed by atoms with E-state index in [2.05, 4.69) is 10.6 Å². The molecule has 1 heterocycles. The third-order valence-corrected chi connectivity index (χ3v) is 9.61. The Bertz CT molecular complexity index is 1900. The maximum absolute atomic E-state index is 13.9. The standard InChI is InChI=1S/C38H31N3O4S2/c1-25(38(44)41-32-12-6-8-14-34(32)47-35-15-9-7-13-33(35)41)46-30-22-18-28(19-23-30)39-37(43)31(24-26-16-20-29(45-2)21-17-26)40-36(42)27-10-4-3-5-11-27/h3-25H,1-2H3,(H,39,43)(H,40,42)/b31-24-. The normalized spacial score (nSPS) is 12.7. The fourth-order valence-corrected chi connectivity index (χ4v) is 6.97. The highest BCUT2D eigenvalue weighted by molar-refractivity contribution is 8.00. The molecule has 1 aliphatic heterocycles. The maximum atomic E-state index is 13.9. The summed E-state index contributed by atoms with van der Waals surface area (Å²) in [7, 11) is 1.58. The number of methoxy groups -OCH3 is 1.